The molecule has 0 spiro atoms. The zero-order chi connectivity index (χ0) is 20.8. The Labute approximate surface area is 161 Å². The number of carbonyl (C=O) groups excluding carboxylic acids is 2. The van der Waals surface area contributed by atoms with Crippen LogP contribution >= 0.6 is 0 Å². The molecule has 0 saturated carbocycles. The van der Waals surface area contributed by atoms with Crippen LogP contribution in [-0.2, 0) is 0 Å². The number of ether oxygens (including phenoxy) is 2. The number of nitrogens with zero attached hydrogens (tertiary/aromatic N) is 1. The topological polar surface area (TPSA) is 120 Å². The van der Waals surface area contributed by atoms with Gasteiger partial charge in [0.2, 0.25) is 0 Å². The van der Waals surface area contributed by atoms with E-state index >= 15 is 0 Å². The number of nitro benzene ring substituents is 1. The van der Waals surface area contributed by atoms with Crippen molar-refractivity contribution < 1.29 is 24.0 Å². The van der Waals surface area contributed by atoms with Gasteiger partial charge in [-0.25, -0.2) is 0 Å². The summed E-state index contributed by atoms with van der Waals surface area (Å²) in [5.74, 6) is -0.389. The van der Waals surface area contributed by atoms with Crippen LogP contribution in [0.15, 0.2) is 36.4 Å². The molecule has 0 heterocycles. The number of carbonyl (C=O) groups is 2. The van der Waals surface area contributed by atoms with E-state index in [1.807, 2.05) is 13.8 Å². The van der Waals surface area contributed by atoms with E-state index in [1.54, 1.807) is 13.0 Å². The summed E-state index contributed by atoms with van der Waals surface area (Å²) in [6.07, 6.45) is -0.0635. The van der Waals surface area contributed by atoms with E-state index in [4.69, 9.17) is 9.47 Å². The molecule has 2 rings (SSSR count). The molecule has 0 aliphatic heterocycles. The molecule has 0 saturated heterocycles. The summed E-state index contributed by atoms with van der Waals surface area (Å²) in [6.45, 7) is 5.30. The lowest BCUT2D eigenvalue weighted by Gasteiger charge is -2.14. The number of hydrogen-bond donors (Lipinski definition) is 2. The molecule has 2 aromatic rings. The van der Waals surface area contributed by atoms with Gasteiger partial charge in [-0.05, 0) is 45.0 Å². The zero-order valence-electron chi connectivity index (χ0n) is 15.9. The third-order valence-corrected chi connectivity index (χ3v) is 3.75. The van der Waals surface area contributed by atoms with Crippen LogP contribution in [0.25, 0.3) is 0 Å². The van der Waals surface area contributed by atoms with Crippen molar-refractivity contribution >= 4 is 17.5 Å². The second kappa shape index (κ2) is 8.85. The van der Waals surface area contributed by atoms with Crippen LogP contribution in [0.4, 0.5) is 5.69 Å². The predicted molar refractivity (Wildman–Crippen MR) is 102 cm³/mol. The van der Waals surface area contributed by atoms with Crippen molar-refractivity contribution in [1.29, 1.82) is 0 Å². The van der Waals surface area contributed by atoms with Crippen molar-refractivity contribution in [2.24, 2.45) is 0 Å². The number of nitro groups is 1. The van der Waals surface area contributed by atoms with Crippen LogP contribution < -0.4 is 20.3 Å². The zero-order valence-corrected chi connectivity index (χ0v) is 15.9. The van der Waals surface area contributed by atoms with E-state index in [9.17, 15) is 19.7 Å². The minimum absolute atomic E-state index is 0.0517. The van der Waals surface area contributed by atoms with Crippen LogP contribution in [0.5, 0.6) is 11.5 Å². The molecule has 0 aliphatic carbocycles. The van der Waals surface area contributed by atoms with Crippen molar-refractivity contribution in [3.63, 3.8) is 0 Å². The van der Waals surface area contributed by atoms with E-state index in [-0.39, 0.29) is 22.9 Å². The van der Waals surface area contributed by atoms with Gasteiger partial charge in [-0.3, -0.25) is 30.6 Å². The average molecular weight is 387 g/mol. The van der Waals surface area contributed by atoms with Gasteiger partial charge in [0.05, 0.1) is 18.1 Å². The molecular weight excluding hydrogens is 366 g/mol. The van der Waals surface area contributed by atoms with Crippen molar-refractivity contribution in [2.45, 2.75) is 26.9 Å². The number of rotatable bonds is 6. The minimum Gasteiger partial charge on any atom is -0.493 e. The molecule has 0 aliphatic rings. The van der Waals surface area contributed by atoms with Gasteiger partial charge >= 0.3 is 0 Å². The van der Waals surface area contributed by atoms with E-state index in [2.05, 4.69) is 10.9 Å². The van der Waals surface area contributed by atoms with E-state index in [1.165, 1.54) is 31.4 Å². The summed E-state index contributed by atoms with van der Waals surface area (Å²) >= 11 is 0. The van der Waals surface area contributed by atoms with Gasteiger partial charge in [0.25, 0.3) is 17.5 Å². The molecule has 0 atom stereocenters. The maximum Gasteiger partial charge on any atom is 0.273 e. The molecule has 9 heteroatoms. The lowest BCUT2D eigenvalue weighted by molar-refractivity contribution is -0.385. The molecule has 0 bridgehead atoms. The maximum absolute atomic E-state index is 12.3. The summed E-state index contributed by atoms with van der Waals surface area (Å²) in [5.41, 5.74) is 5.05. The van der Waals surface area contributed by atoms with Crippen molar-refractivity contribution in [2.75, 3.05) is 7.11 Å². The molecule has 148 valence electrons. The number of nitrogens with one attached hydrogen (secondary N) is 2. The van der Waals surface area contributed by atoms with Gasteiger partial charge in [-0.15, -0.1) is 0 Å². The number of benzene rings is 2. The van der Waals surface area contributed by atoms with Crippen molar-refractivity contribution in [3.05, 3.63) is 63.2 Å². The van der Waals surface area contributed by atoms with Crippen molar-refractivity contribution in [1.82, 2.24) is 10.9 Å². The van der Waals surface area contributed by atoms with Crippen LogP contribution in [0.3, 0.4) is 0 Å². The summed E-state index contributed by atoms with van der Waals surface area (Å²) < 4.78 is 10.8. The first-order chi connectivity index (χ1) is 13.2. The first-order valence-electron chi connectivity index (χ1n) is 8.43. The molecule has 9 nitrogen and oxygen atoms in total. The molecular formula is C19H21N3O6. The van der Waals surface area contributed by atoms with Crippen LogP contribution in [0, 0.1) is 17.0 Å². The molecule has 0 fully saturated rings. The molecule has 0 unspecified atom stereocenters. The highest BCUT2D eigenvalue weighted by molar-refractivity contribution is 5.99. The number of hydrazine groups is 1. The predicted octanol–water partition coefficient (Wildman–Crippen LogP) is 2.77. The first-order valence-corrected chi connectivity index (χ1v) is 8.43. The number of methoxy groups -OCH3 is 1. The lowest BCUT2D eigenvalue weighted by atomic mass is 10.1. The Morgan fingerprint density at radius 1 is 1.00 bits per heavy atom. The maximum atomic E-state index is 12.3. The SMILES string of the molecule is COc1cc(C(=O)NNC(=O)c2ccc(C)c([N+](=O)[O-])c2)ccc1OC(C)C. The van der Waals surface area contributed by atoms with Crippen molar-refractivity contribution in [3.8, 4) is 11.5 Å². The second-order valence-electron chi connectivity index (χ2n) is 6.20. The Morgan fingerprint density at radius 2 is 1.57 bits per heavy atom. The Hall–Kier alpha value is -3.62. The number of amides is 2. The third-order valence-electron chi connectivity index (χ3n) is 3.75. The highest BCUT2D eigenvalue weighted by Gasteiger charge is 2.16. The van der Waals surface area contributed by atoms with Gasteiger partial charge in [0.1, 0.15) is 0 Å². The van der Waals surface area contributed by atoms with E-state index < -0.39 is 16.7 Å². The van der Waals surface area contributed by atoms with Gasteiger partial charge < -0.3 is 9.47 Å². The number of hydrogen-bond acceptors (Lipinski definition) is 6. The van der Waals surface area contributed by atoms with Gasteiger partial charge in [0.15, 0.2) is 11.5 Å². The summed E-state index contributed by atoms with van der Waals surface area (Å²) in [5, 5.41) is 11.0. The van der Waals surface area contributed by atoms with Gasteiger partial charge in [-0.2, -0.15) is 0 Å². The normalized spacial score (nSPS) is 10.3. The average Bonchev–Trinajstić information content (AvgIpc) is 2.65. The Morgan fingerprint density at radius 3 is 2.11 bits per heavy atom. The largest absolute Gasteiger partial charge is 0.493 e. The van der Waals surface area contributed by atoms with Gasteiger partial charge in [0, 0.05) is 22.8 Å². The quantitative estimate of drug-likeness (QED) is 0.581. The summed E-state index contributed by atoms with van der Waals surface area (Å²) in [6, 6.07) is 8.66. The molecule has 2 aromatic carbocycles. The van der Waals surface area contributed by atoms with Crippen LogP contribution in [-0.4, -0.2) is 30.0 Å². The first kappa shape index (κ1) is 20.7. The smallest absolute Gasteiger partial charge is 0.273 e. The number of aryl methyl sites for hydroxylation is 1. The van der Waals surface area contributed by atoms with Gasteiger partial charge in [-0.1, -0.05) is 6.07 Å². The van der Waals surface area contributed by atoms with E-state index in [0.29, 0.717) is 17.1 Å². The van der Waals surface area contributed by atoms with Crippen LogP contribution in [0.2, 0.25) is 0 Å². The lowest BCUT2D eigenvalue weighted by Crippen LogP contribution is -2.41. The fourth-order valence-corrected chi connectivity index (χ4v) is 2.37. The summed E-state index contributed by atoms with van der Waals surface area (Å²) in [4.78, 5) is 34.9. The third kappa shape index (κ3) is 4.97. The fourth-order valence-electron chi connectivity index (χ4n) is 2.37. The highest BCUT2D eigenvalue weighted by atomic mass is 16.6. The Bertz CT molecular complexity index is 911. The highest BCUT2D eigenvalue weighted by Crippen LogP contribution is 2.29. The second-order valence-corrected chi connectivity index (χ2v) is 6.20. The Balaban J connectivity index is 2.08. The molecule has 2 N–H and O–H groups in total. The fraction of sp³-hybridized carbons (Fsp3) is 0.263. The minimum atomic E-state index is -0.678. The molecule has 0 radical (unpaired) electrons. The molecule has 28 heavy (non-hydrogen) atoms. The summed E-state index contributed by atoms with van der Waals surface area (Å²) in [7, 11) is 1.45. The molecule has 2 amide bonds. The Kier molecular flexibility index (Phi) is 6.54. The standard InChI is InChI=1S/C19H21N3O6/c1-11(2)28-16-8-7-14(10-17(16)27-4)19(24)21-20-18(23)13-6-5-12(3)15(9-13)22(25)26/h5-11H,1-4H3,(H,20,23)(H,21,24). The van der Waals surface area contributed by atoms with E-state index in [0.717, 1.165) is 6.07 Å². The van der Waals surface area contributed by atoms with Crippen LogP contribution in [0.1, 0.15) is 40.1 Å². The monoisotopic (exact) mass is 387 g/mol. The molecule has 0 aromatic heterocycles.